The number of aliphatic hydroxyl groups excluding tert-OH is 1. The van der Waals surface area contributed by atoms with Crippen LogP contribution < -0.4 is 0 Å². The van der Waals surface area contributed by atoms with E-state index in [2.05, 4.69) is 33.8 Å². The number of carbonyl (C=O) groups is 1. The van der Waals surface area contributed by atoms with Gasteiger partial charge < -0.3 is 10.2 Å². The molecule has 0 aromatic rings. The number of fused-ring (bicyclic) bond motifs is 3. The molecule has 3 saturated carbocycles. The van der Waals surface area contributed by atoms with Crippen LogP contribution in [-0.2, 0) is 14.6 Å². The summed E-state index contributed by atoms with van der Waals surface area (Å²) in [4.78, 5) is 25.7. The second kappa shape index (κ2) is 7.63. The van der Waals surface area contributed by atoms with E-state index in [0.717, 1.165) is 38.5 Å². The minimum atomic E-state index is -0.972. The summed E-state index contributed by atoms with van der Waals surface area (Å²) in [6.07, 6.45) is 9.05. The summed E-state index contributed by atoms with van der Waals surface area (Å²) in [7, 11) is 0. The third-order valence-corrected chi connectivity index (χ3v) is 11.9. The maximum atomic E-state index is 12.8. The van der Waals surface area contributed by atoms with Gasteiger partial charge in [-0.3, -0.25) is 4.79 Å². The van der Waals surface area contributed by atoms with Gasteiger partial charge in [0.1, 0.15) is 17.3 Å². The van der Waals surface area contributed by atoms with Gasteiger partial charge in [-0.25, -0.2) is 9.78 Å². The molecule has 2 N–H and O–H groups in total. The molecule has 5 heteroatoms. The molecular formula is C29H46O5. The summed E-state index contributed by atoms with van der Waals surface area (Å²) >= 11 is 0. The van der Waals surface area contributed by atoms with Crippen LogP contribution in [0.3, 0.4) is 0 Å². The van der Waals surface area contributed by atoms with E-state index in [1.54, 1.807) is 0 Å². The van der Waals surface area contributed by atoms with Gasteiger partial charge in [0.25, 0.3) is 0 Å². The van der Waals surface area contributed by atoms with Crippen LogP contribution >= 0.6 is 0 Å². The number of aliphatic hydroxyl groups is 2. The van der Waals surface area contributed by atoms with Crippen molar-refractivity contribution in [2.45, 2.75) is 123 Å². The number of ketones is 1. The maximum Gasteiger partial charge on any atom is 0.162 e. The lowest BCUT2D eigenvalue weighted by Crippen LogP contribution is -2.75. The molecule has 4 aliphatic carbocycles. The Bertz CT molecular complexity index is 877. The van der Waals surface area contributed by atoms with Crippen LogP contribution in [0.25, 0.3) is 0 Å². The van der Waals surface area contributed by atoms with E-state index in [9.17, 15) is 15.0 Å². The van der Waals surface area contributed by atoms with Crippen LogP contribution in [0.2, 0.25) is 0 Å². The van der Waals surface area contributed by atoms with E-state index in [0.29, 0.717) is 24.2 Å². The molecule has 2 aliphatic heterocycles. The predicted molar refractivity (Wildman–Crippen MR) is 131 cm³/mol. The highest BCUT2D eigenvalue weighted by Crippen LogP contribution is 2.73. The monoisotopic (exact) mass is 474 g/mol. The number of allylic oxidation sites excluding steroid dienone is 1. The number of hydrogen-bond acceptors (Lipinski definition) is 5. The fraction of sp³-hybridized carbons (Fsp3) is 0.897. The van der Waals surface area contributed by atoms with Gasteiger partial charge in [0.05, 0.1) is 5.60 Å². The molecule has 10 atom stereocenters. The van der Waals surface area contributed by atoms with E-state index < -0.39 is 28.3 Å². The first-order valence-corrected chi connectivity index (χ1v) is 13.7. The van der Waals surface area contributed by atoms with Crippen molar-refractivity contribution in [3.63, 3.8) is 0 Å². The summed E-state index contributed by atoms with van der Waals surface area (Å²) in [5.41, 5.74) is -0.686. The summed E-state index contributed by atoms with van der Waals surface area (Å²) < 4.78 is 0. The highest BCUT2D eigenvalue weighted by atomic mass is 17.2. The second-order valence-corrected chi connectivity index (χ2v) is 13.8. The fourth-order valence-electron chi connectivity index (χ4n) is 9.35. The summed E-state index contributed by atoms with van der Waals surface area (Å²) in [5, 5.41) is 21.0. The Morgan fingerprint density at radius 2 is 1.85 bits per heavy atom. The van der Waals surface area contributed by atoms with Gasteiger partial charge in [-0.2, -0.15) is 0 Å². The summed E-state index contributed by atoms with van der Waals surface area (Å²) in [6, 6.07) is 0. The zero-order chi connectivity index (χ0) is 24.9. The van der Waals surface area contributed by atoms with Gasteiger partial charge in [0, 0.05) is 23.7 Å². The molecule has 2 bridgehead atoms. The third kappa shape index (κ3) is 3.02. The Hall–Kier alpha value is -0.750. The first kappa shape index (κ1) is 24.9. The number of rotatable bonds is 5. The minimum absolute atomic E-state index is 0.0555. The van der Waals surface area contributed by atoms with Gasteiger partial charge in [-0.15, -0.1) is 0 Å². The largest absolute Gasteiger partial charge is 0.390 e. The molecule has 0 aromatic carbocycles. The first-order chi connectivity index (χ1) is 15.7. The van der Waals surface area contributed by atoms with Gasteiger partial charge in [-0.05, 0) is 81.1 Å². The molecule has 10 unspecified atom stereocenters. The normalized spacial score (nSPS) is 49.7. The van der Waals surface area contributed by atoms with E-state index in [1.165, 1.54) is 12.0 Å². The lowest BCUT2D eigenvalue weighted by molar-refractivity contribution is -0.500. The number of carbonyl (C=O) groups excluding carboxylic acids is 1. The highest BCUT2D eigenvalue weighted by molar-refractivity contribution is 5.86. The Morgan fingerprint density at radius 3 is 2.47 bits per heavy atom. The van der Waals surface area contributed by atoms with Crippen LogP contribution in [0.4, 0.5) is 0 Å². The molecule has 2 saturated heterocycles. The molecule has 6 aliphatic rings. The Balaban J connectivity index is 1.45. The van der Waals surface area contributed by atoms with Crippen molar-refractivity contribution in [1.29, 1.82) is 0 Å². The van der Waals surface area contributed by atoms with Crippen LogP contribution in [0.5, 0.6) is 0 Å². The smallest absolute Gasteiger partial charge is 0.162 e. The molecule has 6 rings (SSSR count). The number of Topliss-reactive ketones (excluding diaryl/α,β-unsaturated/α-hetero) is 1. The highest BCUT2D eigenvalue weighted by Gasteiger charge is 2.76. The molecule has 34 heavy (non-hydrogen) atoms. The predicted octanol–water partition coefficient (Wildman–Crippen LogP) is 5.38. The van der Waals surface area contributed by atoms with Crippen molar-refractivity contribution in [3.8, 4) is 0 Å². The lowest BCUT2D eigenvalue weighted by atomic mass is 9.42. The standard InChI is InChI=1S/C29H46O5/c1-17(8-9-18(2)25(4,5)32)20-10-11-22-26(20,6)13-12-23-27(7)16-21(30)24(31)19(3)29(27)15-14-28(22,23)33-34-29/h12,17-20,22,24,31-32H,8-11,13-16H2,1-7H3. The van der Waals surface area contributed by atoms with Crippen molar-refractivity contribution >= 4 is 5.78 Å². The fourth-order valence-corrected chi connectivity index (χ4v) is 9.35. The molecule has 2 heterocycles. The molecule has 0 aromatic heterocycles. The Labute approximate surface area is 205 Å². The Morgan fingerprint density at radius 1 is 1.15 bits per heavy atom. The molecule has 2 spiro atoms. The van der Waals surface area contributed by atoms with E-state index >= 15 is 0 Å². The van der Waals surface area contributed by atoms with Gasteiger partial charge in [0.15, 0.2) is 5.78 Å². The average molecular weight is 475 g/mol. The van der Waals surface area contributed by atoms with Gasteiger partial charge in [0.2, 0.25) is 0 Å². The van der Waals surface area contributed by atoms with Crippen molar-refractivity contribution in [3.05, 3.63) is 11.6 Å². The Kier molecular flexibility index (Phi) is 5.59. The maximum absolute atomic E-state index is 12.8. The van der Waals surface area contributed by atoms with Crippen molar-refractivity contribution in [2.75, 3.05) is 0 Å². The minimum Gasteiger partial charge on any atom is -0.390 e. The number of hydrogen-bond donors (Lipinski definition) is 2. The molecule has 5 fully saturated rings. The molecule has 0 amide bonds. The molecular weight excluding hydrogens is 428 g/mol. The van der Waals surface area contributed by atoms with Crippen LogP contribution in [0.1, 0.15) is 99.8 Å². The second-order valence-electron chi connectivity index (χ2n) is 13.8. The third-order valence-electron chi connectivity index (χ3n) is 11.9. The van der Waals surface area contributed by atoms with Crippen LogP contribution in [0.15, 0.2) is 11.6 Å². The SMILES string of the molecule is CC(CCC(C)C(C)(C)O)C1CCC2C34CCC5(OO3)C(C)C(O)C(=O)CC5(C)C4=CCC12C. The molecule has 5 nitrogen and oxygen atoms in total. The summed E-state index contributed by atoms with van der Waals surface area (Å²) in [5.74, 6) is 1.52. The lowest BCUT2D eigenvalue weighted by Gasteiger charge is -2.70. The topological polar surface area (TPSA) is 76.0 Å². The molecule has 192 valence electrons. The van der Waals surface area contributed by atoms with Crippen molar-refractivity contribution in [1.82, 2.24) is 0 Å². The van der Waals surface area contributed by atoms with Gasteiger partial charge in [-0.1, -0.05) is 47.1 Å². The summed E-state index contributed by atoms with van der Waals surface area (Å²) in [6.45, 7) is 15.0. The van der Waals surface area contributed by atoms with E-state index in [-0.39, 0.29) is 23.0 Å². The average Bonchev–Trinajstić information content (AvgIpc) is 3.13. The quantitative estimate of drug-likeness (QED) is 0.413. The van der Waals surface area contributed by atoms with Crippen LogP contribution in [0, 0.1) is 40.4 Å². The zero-order valence-electron chi connectivity index (χ0n) is 22.3. The first-order valence-electron chi connectivity index (χ1n) is 13.7. The van der Waals surface area contributed by atoms with E-state index in [1.807, 2.05) is 20.8 Å². The van der Waals surface area contributed by atoms with Crippen LogP contribution in [-0.4, -0.2) is 38.9 Å². The van der Waals surface area contributed by atoms with Crippen molar-refractivity contribution < 1.29 is 24.8 Å². The zero-order valence-corrected chi connectivity index (χ0v) is 22.3. The van der Waals surface area contributed by atoms with E-state index in [4.69, 9.17) is 9.78 Å². The van der Waals surface area contributed by atoms with Crippen molar-refractivity contribution in [2.24, 2.45) is 40.4 Å². The molecule has 0 radical (unpaired) electrons. The van der Waals surface area contributed by atoms with Gasteiger partial charge >= 0.3 is 0 Å².